The highest BCUT2D eigenvalue weighted by Crippen LogP contribution is 2.47. The molecule has 23 heavy (non-hydrogen) atoms. The van der Waals surface area contributed by atoms with E-state index in [1.165, 1.54) is 6.07 Å². The molecule has 1 heterocycles. The lowest BCUT2D eigenvalue weighted by molar-refractivity contribution is 0.604. The number of nitrogens with one attached hydrogen (secondary N) is 2. The van der Waals surface area contributed by atoms with Gasteiger partial charge in [0.25, 0.3) is 0 Å². The van der Waals surface area contributed by atoms with Crippen LogP contribution in [0.4, 0.5) is 4.39 Å². The SMILES string of the molecule is CN=C(NCCn1cccc1)NCC1(c2cccc(F)c2)CC1. The molecule has 0 aliphatic heterocycles. The zero-order chi connectivity index (χ0) is 16.1. The monoisotopic (exact) mass is 314 g/mol. The van der Waals surface area contributed by atoms with Crippen LogP contribution in [0.25, 0.3) is 0 Å². The molecule has 0 unspecified atom stereocenters. The minimum Gasteiger partial charge on any atom is -0.356 e. The van der Waals surface area contributed by atoms with Crippen molar-refractivity contribution < 1.29 is 4.39 Å². The van der Waals surface area contributed by atoms with Crippen molar-refractivity contribution in [3.8, 4) is 0 Å². The van der Waals surface area contributed by atoms with Gasteiger partial charge in [0.1, 0.15) is 5.82 Å². The maximum atomic E-state index is 13.4. The van der Waals surface area contributed by atoms with Gasteiger partial charge in [-0.3, -0.25) is 4.99 Å². The number of halogens is 1. The lowest BCUT2D eigenvalue weighted by atomic mass is 9.96. The van der Waals surface area contributed by atoms with Gasteiger partial charge in [-0.25, -0.2) is 4.39 Å². The highest BCUT2D eigenvalue weighted by atomic mass is 19.1. The maximum absolute atomic E-state index is 13.4. The molecule has 0 radical (unpaired) electrons. The van der Waals surface area contributed by atoms with Gasteiger partial charge in [0.2, 0.25) is 0 Å². The van der Waals surface area contributed by atoms with Crippen molar-refractivity contribution in [3.63, 3.8) is 0 Å². The number of hydrogen-bond acceptors (Lipinski definition) is 1. The van der Waals surface area contributed by atoms with E-state index in [-0.39, 0.29) is 11.2 Å². The molecule has 3 rings (SSSR count). The number of rotatable bonds is 6. The first kappa shape index (κ1) is 15.6. The third-order valence-corrected chi connectivity index (χ3v) is 4.44. The Balaban J connectivity index is 1.50. The van der Waals surface area contributed by atoms with E-state index in [0.717, 1.165) is 44.0 Å². The lowest BCUT2D eigenvalue weighted by Crippen LogP contribution is -2.42. The number of benzene rings is 1. The zero-order valence-electron chi connectivity index (χ0n) is 13.4. The Labute approximate surface area is 136 Å². The van der Waals surface area contributed by atoms with Crippen LogP contribution >= 0.6 is 0 Å². The number of aromatic nitrogens is 1. The first-order valence-corrected chi connectivity index (χ1v) is 8.03. The molecule has 1 aromatic carbocycles. The Kier molecular flexibility index (Phi) is 4.65. The van der Waals surface area contributed by atoms with Crippen molar-refractivity contribution >= 4 is 5.96 Å². The molecule has 5 heteroatoms. The van der Waals surface area contributed by atoms with Crippen molar-refractivity contribution in [1.29, 1.82) is 0 Å². The summed E-state index contributed by atoms with van der Waals surface area (Å²) < 4.78 is 15.6. The molecule has 0 amide bonds. The van der Waals surface area contributed by atoms with Crippen LogP contribution < -0.4 is 10.6 Å². The molecule has 1 aromatic heterocycles. The molecule has 2 N–H and O–H groups in total. The summed E-state index contributed by atoms with van der Waals surface area (Å²) in [5.41, 5.74) is 1.13. The van der Waals surface area contributed by atoms with E-state index < -0.39 is 0 Å². The van der Waals surface area contributed by atoms with Crippen LogP contribution in [0.5, 0.6) is 0 Å². The van der Waals surface area contributed by atoms with Gasteiger partial charge in [0.15, 0.2) is 5.96 Å². The summed E-state index contributed by atoms with van der Waals surface area (Å²) in [6.45, 7) is 2.48. The molecule has 1 fully saturated rings. The van der Waals surface area contributed by atoms with Gasteiger partial charge in [0, 0.05) is 44.5 Å². The van der Waals surface area contributed by atoms with Crippen molar-refractivity contribution in [3.05, 3.63) is 60.2 Å². The zero-order valence-corrected chi connectivity index (χ0v) is 13.4. The predicted octanol–water partition coefficient (Wildman–Crippen LogP) is 2.52. The minimum absolute atomic E-state index is 0.0557. The van der Waals surface area contributed by atoms with E-state index in [0.29, 0.717) is 0 Å². The molecule has 1 aliphatic carbocycles. The molecule has 122 valence electrons. The predicted molar refractivity (Wildman–Crippen MR) is 91.1 cm³/mol. The maximum Gasteiger partial charge on any atom is 0.191 e. The lowest BCUT2D eigenvalue weighted by Gasteiger charge is -2.19. The largest absolute Gasteiger partial charge is 0.356 e. The fraction of sp³-hybridized carbons (Fsp3) is 0.389. The summed E-state index contributed by atoms with van der Waals surface area (Å²) >= 11 is 0. The Morgan fingerprint density at radius 1 is 1.22 bits per heavy atom. The summed E-state index contributed by atoms with van der Waals surface area (Å²) in [5, 5.41) is 6.69. The molecular formula is C18H23FN4. The summed E-state index contributed by atoms with van der Waals surface area (Å²) in [4.78, 5) is 4.26. The Hall–Kier alpha value is -2.30. The fourth-order valence-corrected chi connectivity index (χ4v) is 2.83. The van der Waals surface area contributed by atoms with Crippen molar-refractivity contribution in [1.82, 2.24) is 15.2 Å². The van der Waals surface area contributed by atoms with Gasteiger partial charge in [-0.05, 0) is 42.7 Å². The Morgan fingerprint density at radius 3 is 2.65 bits per heavy atom. The van der Waals surface area contributed by atoms with E-state index >= 15 is 0 Å². The second kappa shape index (κ2) is 6.86. The molecule has 0 saturated heterocycles. The van der Waals surface area contributed by atoms with Gasteiger partial charge in [-0.15, -0.1) is 0 Å². The van der Waals surface area contributed by atoms with Crippen molar-refractivity contribution in [2.24, 2.45) is 4.99 Å². The first-order valence-electron chi connectivity index (χ1n) is 8.03. The van der Waals surface area contributed by atoms with Gasteiger partial charge < -0.3 is 15.2 Å². The van der Waals surface area contributed by atoms with Crippen molar-refractivity contribution in [2.45, 2.75) is 24.8 Å². The summed E-state index contributed by atoms with van der Waals surface area (Å²) in [6, 6.07) is 11.0. The normalized spacial score (nSPS) is 16.2. The standard InChI is InChI=1S/C18H23FN4/c1-20-17(21-9-12-23-10-2-3-11-23)22-14-18(7-8-18)15-5-4-6-16(19)13-15/h2-6,10-11,13H,7-9,12,14H2,1H3,(H2,20,21,22). The molecule has 0 bridgehead atoms. The van der Waals surface area contributed by atoms with Gasteiger partial charge in [-0.2, -0.15) is 0 Å². The highest BCUT2D eigenvalue weighted by molar-refractivity contribution is 5.79. The number of hydrogen-bond donors (Lipinski definition) is 2. The van der Waals surface area contributed by atoms with Crippen molar-refractivity contribution in [2.75, 3.05) is 20.1 Å². The van der Waals surface area contributed by atoms with Crippen LogP contribution in [0.1, 0.15) is 18.4 Å². The fourth-order valence-electron chi connectivity index (χ4n) is 2.83. The van der Waals surface area contributed by atoms with E-state index in [1.54, 1.807) is 19.2 Å². The third kappa shape index (κ3) is 3.92. The molecular weight excluding hydrogens is 291 g/mol. The van der Waals surface area contributed by atoms with E-state index in [2.05, 4.69) is 20.2 Å². The van der Waals surface area contributed by atoms with Gasteiger partial charge in [0.05, 0.1) is 0 Å². The topological polar surface area (TPSA) is 41.4 Å². The van der Waals surface area contributed by atoms with Crippen LogP contribution in [0, 0.1) is 5.82 Å². The van der Waals surface area contributed by atoms with Crippen LogP contribution in [0.3, 0.4) is 0 Å². The van der Waals surface area contributed by atoms with Crippen LogP contribution in [-0.4, -0.2) is 30.7 Å². The summed E-state index contributed by atoms with van der Waals surface area (Å²) in [5.74, 6) is 0.628. The molecule has 1 aliphatic rings. The third-order valence-electron chi connectivity index (χ3n) is 4.44. The molecule has 0 atom stereocenters. The second-order valence-corrected chi connectivity index (χ2v) is 6.06. The van der Waals surface area contributed by atoms with Gasteiger partial charge in [-0.1, -0.05) is 12.1 Å². The van der Waals surface area contributed by atoms with E-state index in [1.807, 2.05) is 30.6 Å². The molecule has 2 aromatic rings. The molecule has 0 spiro atoms. The quantitative estimate of drug-likeness (QED) is 0.635. The molecule has 1 saturated carbocycles. The van der Waals surface area contributed by atoms with E-state index in [9.17, 15) is 4.39 Å². The highest BCUT2D eigenvalue weighted by Gasteiger charge is 2.44. The summed E-state index contributed by atoms with van der Waals surface area (Å²) in [6.07, 6.45) is 6.26. The summed E-state index contributed by atoms with van der Waals surface area (Å²) in [7, 11) is 1.77. The smallest absolute Gasteiger partial charge is 0.191 e. The first-order chi connectivity index (χ1) is 11.2. The second-order valence-electron chi connectivity index (χ2n) is 6.06. The number of guanidine groups is 1. The van der Waals surface area contributed by atoms with Crippen LogP contribution in [0.15, 0.2) is 53.8 Å². The van der Waals surface area contributed by atoms with Crippen LogP contribution in [-0.2, 0) is 12.0 Å². The number of aliphatic imine (C=N–C) groups is 1. The minimum atomic E-state index is -0.164. The average molecular weight is 314 g/mol. The van der Waals surface area contributed by atoms with Gasteiger partial charge >= 0.3 is 0 Å². The van der Waals surface area contributed by atoms with E-state index in [4.69, 9.17) is 0 Å². The Bertz CT molecular complexity index is 659. The number of nitrogens with zero attached hydrogens (tertiary/aromatic N) is 2. The average Bonchev–Trinajstić information content (AvgIpc) is 3.18. The Morgan fingerprint density at radius 2 is 2.00 bits per heavy atom. The van der Waals surface area contributed by atoms with Crippen LogP contribution in [0.2, 0.25) is 0 Å². The molecule has 4 nitrogen and oxygen atoms in total.